The van der Waals surface area contributed by atoms with Gasteiger partial charge in [-0.3, -0.25) is 4.79 Å². The van der Waals surface area contributed by atoms with Gasteiger partial charge in [0.15, 0.2) is 0 Å². The van der Waals surface area contributed by atoms with Crippen molar-refractivity contribution >= 4 is 5.91 Å². The Morgan fingerprint density at radius 1 is 1.21 bits per heavy atom. The summed E-state index contributed by atoms with van der Waals surface area (Å²) in [4.78, 5) is 20.1. The Labute approximate surface area is 117 Å². The molecule has 1 heterocycles. The first-order chi connectivity index (χ1) is 8.71. The number of amides is 1. The highest BCUT2D eigenvalue weighted by Crippen LogP contribution is 2.33. The van der Waals surface area contributed by atoms with Crippen LogP contribution in [-0.2, 0) is 11.2 Å². The standard InChI is InChI=1S/C15H25N3O.H2/c1-14(2,3)10-15(4,5)13(19)18-7-6-12-8-16-11-17-9-12;/h8-9,11H,6-7,10H2,1-5H3,(H,18,19);1H. The van der Waals surface area contributed by atoms with E-state index in [-0.39, 0.29) is 18.2 Å². The molecule has 108 valence electrons. The maximum Gasteiger partial charge on any atom is 0.225 e. The van der Waals surface area contributed by atoms with Crippen molar-refractivity contribution in [2.45, 2.75) is 47.5 Å². The van der Waals surface area contributed by atoms with Crippen LogP contribution in [0.2, 0.25) is 0 Å². The Hall–Kier alpha value is -1.45. The highest BCUT2D eigenvalue weighted by Gasteiger charge is 2.32. The summed E-state index contributed by atoms with van der Waals surface area (Å²) in [6.45, 7) is 11.1. The van der Waals surface area contributed by atoms with E-state index in [0.717, 1.165) is 18.4 Å². The third kappa shape index (κ3) is 5.81. The largest absolute Gasteiger partial charge is 0.355 e. The quantitative estimate of drug-likeness (QED) is 0.890. The van der Waals surface area contributed by atoms with Crippen molar-refractivity contribution in [3.05, 3.63) is 24.3 Å². The molecule has 1 aromatic rings. The van der Waals surface area contributed by atoms with Crippen LogP contribution in [-0.4, -0.2) is 22.4 Å². The number of aromatic nitrogens is 2. The summed E-state index contributed by atoms with van der Waals surface area (Å²) >= 11 is 0. The van der Waals surface area contributed by atoms with Gasteiger partial charge in [0.2, 0.25) is 5.91 Å². The van der Waals surface area contributed by atoms with Gasteiger partial charge in [-0.25, -0.2) is 9.97 Å². The van der Waals surface area contributed by atoms with Crippen LogP contribution in [0.5, 0.6) is 0 Å². The fourth-order valence-electron chi connectivity index (χ4n) is 2.42. The van der Waals surface area contributed by atoms with Crippen LogP contribution in [0.15, 0.2) is 18.7 Å². The molecule has 0 radical (unpaired) electrons. The Morgan fingerprint density at radius 2 is 1.79 bits per heavy atom. The minimum Gasteiger partial charge on any atom is -0.355 e. The molecule has 0 bridgehead atoms. The van der Waals surface area contributed by atoms with Crippen LogP contribution in [0.4, 0.5) is 0 Å². The van der Waals surface area contributed by atoms with Crippen molar-refractivity contribution in [2.75, 3.05) is 6.54 Å². The molecule has 0 unspecified atom stereocenters. The molecular formula is C15H27N3O. The van der Waals surface area contributed by atoms with Crippen LogP contribution in [0.3, 0.4) is 0 Å². The zero-order chi connectivity index (χ0) is 14.5. The molecule has 0 saturated carbocycles. The molecule has 1 aromatic heterocycles. The number of hydrogen-bond donors (Lipinski definition) is 1. The van der Waals surface area contributed by atoms with E-state index >= 15 is 0 Å². The van der Waals surface area contributed by atoms with E-state index in [4.69, 9.17) is 0 Å². The summed E-state index contributed by atoms with van der Waals surface area (Å²) in [5.41, 5.74) is 0.843. The Morgan fingerprint density at radius 3 is 2.32 bits per heavy atom. The highest BCUT2D eigenvalue weighted by atomic mass is 16.2. The molecule has 0 fully saturated rings. The average molecular weight is 265 g/mol. The molecule has 1 rings (SSSR count). The predicted molar refractivity (Wildman–Crippen MR) is 78.7 cm³/mol. The number of nitrogens with one attached hydrogen (secondary N) is 1. The van der Waals surface area contributed by atoms with E-state index in [1.165, 1.54) is 6.33 Å². The predicted octanol–water partition coefficient (Wildman–Crippen LogP) is 2.84. The summed E-state index contributed by atoms with van der Waals surface area (Å²) in [5, 5.41) is 3.00. The SMILES string of the molecule is CC(C)(C)CC(C)(C)C(=O)NCCc1cncnc1.[HH]. The molecule has 0 atom stereocenters. The van der Waals surface area contributed by atoms with Gasteiger partial charge < -0.3 is 5.32 Å². The van der Waals surface area contributed by atoms with Crippen molar-refractivity contribution in [1.29, 1.82) is 0 Å². The van der Waals surface area contributed by atoms with Crippen molar-refractivity contribution in [3.63, 3.8) is 0 Å². The van der Waals surface area contributed by atoms with Crippen LogP contribution < -0.4 is 5.32 Å². The van der Waals surface area contributed by atoms with Gasteiger partial charge >= 0.3 is 0 Å². The number of nitrogens with zero attached hydrogens (tertiary/aromatic N) is 2. The molecule has 0 aliphatic rings. The van der Waals surface area contributed by atoms with E-state index < -0.39 is 0 Å². The van der Waals surface area contributed by atoms with Crippen LogP contribution >= 0.6 is 0 Å². The first kappa shape index (κ1) is 15.6. The topological polar surface area (TPSA) is 54.9 Å². The molecule has 19 heavy (non-hydrogen) atoms. The van der Waals surface area contributed by atoms with Crippen molar-refractivity contribution in [1.82, 2.24) is 15.3 Å². The lowest BCUT2D eigenvalue weighted by atomic mass is 9.76. The van der Waals surface area contributed by atoms with Crippen molar-refractivity contribution in [3.8, 4) is 0 Å². The van der Waals surface area contributed by atoms with Gasteiger partial charge in [-0.1, -0.05) is 34.6 Å². The monoisotopic (exact) mass is 265 g/mol. The lowest BCUT2D eigenvalue weighted by Gasteiger charge is -2.31. The summed E-state index contributed by atoms with van der Waals surface area (Å²) in [6, 6.07) is 0. The van der Waals surface area contributed by atoms with Gasteiger partial charge in [0.25, 0.3) is 0 Å². The Balaban J connectivity index is 0.00000361. The van der Waals surface area contributed by atoms with E-state index in [0.29, 0.717) is 6.54 Å². The first-order valence-electron chi connectivity index (χ1n) is 6.73. The number of hydrogen-bond acceptors (Lipinski definition) is 3. The zero-order valence-electron chi connectivity index (χ0n) is 12.7. The van der Waals surface area contributed by atoms with Gasteiger partial charge in [-0.15, -0.1) is 0 Å². The molecular weight excluding hydrogens is 238 g/mol. The molecule has 1 amide bonds. The average Bonchev–Trinajstić information content (AvgIpc) is 2.27. The third-order valence-corrected chi connectivity index (χ3v) is 2.90. The minimum atomic E-state index is -0.342. The lowest BCUT2D eigenvalue weighted by molar-refractivity contribution is -0.130. The summed E-state index contributed by atoms with van der Waals surface area (Å²) in [5.74, 6) is 0.110. The van der Waals surface area contributed by atoms with Crippen molar-refractivity contribution < 1.29 is 6.22 Å². The van der Waals surface area contributed by atoms with Crippen LogP contribution in [0.1, 0.15) is 48.0 Å². The Bertz CT molecular complexity index is 413. The molecule has 0 aliphatic heterocycles. The number of carbonyl (C=O) groups is 1. The van der Waals surface area contributed by atoms with Crippen LogP contribution in [0.25, 0.3) is 0 Å². The van der Waals surface area contributed by atoms with Gasteiger partial charge in [0.1, 0.15) is 6.33 Å². The molecule has 0 aromatic carbocycles. The molecule has 0 aliphatic carbocycles. The van der Waals surface area contributed by atoms with Crippen LogP contribution in [0, 0.1) is 10.8 Å². The highest BCUT2D eigenvalue weighted by molar-refractivity contribution is 5.81. The van der Waals surface area contributed by atoms with Gasteiger partial charge in [0.05, 0.1) is 0 Å². The molecule has 0 saturated heterocycles. The van der Waals surface area contributed by atoms with E-state index in [1.807, 2.05) is 13.8 Å². The van der Waals surface area contributed by atoms with Gasteiger partial charge in [0, 0.05) is 25.8 Å². The maximum atomic E-state index is 12.2. The van der Waals surface area contributed by atoms with Gasteiger partial charge in [-0.05, 0) is 23.8 Å². The lowest BCUT2D eigenvalue weighted by Crippen LogP contribution is -2.40. The third-order valence-electron chi connectivity index (χ3n) is 2.90. The molecule has 4 nitrogen and oxygen atoms in total. The summed E-state index contributed by atoms with van der Waals surface area (Å²) in [6.07, 6.45) is 6.69. The minimum absolute atomic E-state index is 0. The maximum absolute atomic E-state index is 12.2. The summed E-state index contributed by atoms with van der Waals surface area (Å²) in [7, 11) is 0. The summed E-state index contributed by atoms with van der Waals surface area (Å²) < 4.78 is 0. The second-order valence-electron chi connectivity index (χ2n) is 6.87. The van der Waals surface area contributed by atoms with Crippen molar-refractivity contribution in [2.24, 2.45) is 10.8 Å². The second-order valence-corrected chi connectivity index (χ2v) is 6.87. The second kappa shape index (κ2) is 6.13. The van der Waals surface area contributed by atoms with E-state index in [2.05, 4.69) is 36.1 Å². The number of rotatable bonds is 5. The molecule has 4 heteroatoms. The van der Waals surface area contributed by atoms with E-state index in [9.17, 15) is 4.79 Å². The van der Waals surface area contributed by atoms with E-state index in [1.54, 1.807) is 12.4 Å². The molecule has 0 spiro atoms. The zero-order valence-corrected chi connectivity index (χ0v) is 12.7. The fourth-order valence-corrected chi connectivity index (χ4v) is 2.42. The Kier molecular flexibility index (Phi) is 5.04. The first-order valence-corrected chi connectivity index (χ1v) is 6.73. The number of carbonyl (C=O) groups excluding carboxylic acids is 1. The fraction of sp³-hybridized carbons (Fsp3) is 0.667. The normalized spacial score (nSPS) is 12.3. The van der Waals surface area contributed by atoms with Gasteiger partial charge in [-0.2, -0.15) is 0 Å². The molecule has 1 N–H and O–H groups in total. The smallest absolute Gasteiger partial charge is 0.225 e.